The molecule has 0 spiro atoms. The summed E-state index contributed by atoms with van der Waals surface area (Å²) in [5.41, 5.74) is 6.44. The lowest BCUT2D eigenvalue weighted by Crippen LogP contribution is -2.49. The molecule has 0 atom stereocenters. The van der Waals surface area contributed by atoms with Crippen molar-refractivity contribution in [2.24, 2.45) is 0 Å². The molecule has 3 nitrogen and oxygen atoms in total. The van der Waals surface area contributed by atoms with Crippen molar-refractivity contribution >= 4 is 11.6 Å². The molecule has 1 heterocycles. The van der Waals surface area contributed by atoms with Crippen LogP contribution in [0.1, 0.15) is 29.2 Å². The summed E-state index contributed by atoms with van der Waals surface area (Å²) in [6.07, 6.45) is 1.55. The molecule has 2 aromatic rings. The Morgan fingerprint density at radius 1 is 0.960 bits per heavy atom. The fourth-order valence-corrected chi connectivity index (χ4v) is 3.63. The number of carbonyl (C=O) groups excluding carboxylic acids is 1. The van der Waals surface area contributed by atoms with E-state index in [0.29, 0.717) is 6.42 Å². The first-order chi connectivity index (χ1) is 12.1. The molecule has 0 aliphatic carbocycles. The molecule has 1 aliphatic heterocycles. The summed E-state index contributed by atoms with van der Waals surface area (Å²) in [7, 11) is 0. The maximum atomic E-state index is 12.6. The highest BCUT2D eigenvalue weighted by Crippen LogP contribution is 2.26. The number of para-hydroxylation sites is 1. The number of amides is 1. The van der Waals surface area contributed by atoms with Crippen molar-refractivity contribution < 1.29 is 4.79 Å². The largest absolute Gasteiger partial charge is 0.368 e. The van der Waals surface area contributed by atoms with E-state index in [4.69, 9.17) is 0 Å². The SMILES string of the molecule is CCc1cccc(C)c1N1CCN(C(=O)Cc2ccc(C)cc2)CC1. The van der Waals surface area contributed by atoms with Crippen molar-refractivity contribution in [2.45, 2.75) is 33.6 Å². The predicted molar refractivity (Wildman–Crippen MR) is 104 cm³/mol. The third-order valence-corrected chi connectivity index (χ3v) is 5.13. The molecule has 1 amide bonds. The molecule has 0 saturated carbocycles. The minimum absolute atomic E-state index is 0.240. The lowest BCUT2D eigenvalue weighted by atomic mass is 10.0. The minimum atomic E-state index is 0.240. The van der Waals surface area contributed by atoms with Crippen LogP contribution in [-0.4, -0.2) is 37.0 Å². The van der Waals surface area contributed by atoms with Crippen molar-refractivity contribution in [2.75, 3.05) is 31.1 Å². The monoisotopic (exact) mass is 336 g/mol. The normalized spacial score (nSPS) is 14.7. The van der Waals surface area contributed by atoms with Gasteiger partial charge in [-0.15, -0.1) is 0 Å². The van der Waals surface area contributed by atoms with Crippen LogP contribution in [0.3, 0.4) is 0 Å². The number of hydrogen-bond donors (Lipinski definition) is 0. The van der Waals surface area contributed by atoms with E-state index < -0.39 is 0 Å². The van der Waals surface area contributed by atoms with E-state index >= 15 is 0 Å². The second-order valence-corrected chi connectivity index (χ2v) is 6.97. The molecule has 0 aromatic heterocycles. The Kier molecular flexibility index (Phi) is 5.42. The molecule has 3 rings (SSSR count). The Balaban J connectivity index is 1.62. The Morgan fingerprint density at radius 3 is 2.28 bits per heavy atom. The molecular weight excluding hydrogens is 308 g/mol. The van der Waals surface area contributed by atoms with Gasteiger partial charge in [0.2, 0.25) is 5.91 Å². The third kappa shape index (κ3) is 4.04. The van der Waals surface area contributed by atoms with Crippen LogP contribution in [0.5, 0.6) is 0 Å². The topological polar surface area (TPSA) is 23.6 Å². The van der Waals surface area contributed by atoms with Gasteiger partial charge in [-0.3, -0.25) is 4.79 Å². The van der Waals surface area contributed by atoms with Crippen molar-refractivity contribution in [1.29, 1.82) is 0 Å². The Bertz CT molecular complexity index is 728. The summed E-state index contributed by atoms with van der Waals surface area (Å²) in [5.74, 6) is 0.240. The van der Waals surface area contributed by atoms with Crippen LogP contribution in [-0.2, 0) is 17.6 Å². The number of hydrogen-bond acceptors (Lipinski definition) is 2. The van der Waals surface area contributed by atoms with E-state index in [1.807, 2.05) is 4.90 Å². The van der Waals surface area contributed by atoms with Gasteiger partial charge in [-0.1, -0.05) is 55.0 Å². The molecule has 3 heteroatoms. The fourth-order valence-electron chi connectivity index (χ4n) is 3.63. The first-order valence-corrected chi connectivity index (χ1v) is 9.25. The lowest BCUT2D eigenvalue weighted by molar-refractivity contribution is -0.130. The smallest absolute Gasteiger partial charge is 0.227 e. The molecule has 0 radical (unpaired) electrons. The van der Waals surface area contributed by atoms with Crippen molar-refractivity contribution in [3.05, 3.63) is 64.7 Å². The van der Waals surface area contributed by atoms with Gasteiger partial charge < -0.3 is 9.80 Å². The van der Waals surface area contributed by atoms with E-state index in [2.05, 4.69) is 68.1 Å². The highest BCUT2D eigenvalue weighted by atomic mass is 16.2. The van der Waals surface area contributed by atoms with E-state index in [1.54, 1.807) is 0 Å². The highest BCUT2D eigenvalue weighted by molar-refractivity contribution is 5.79. The molecule has 0 unspecified atom stereocenters. The average Bonchev–Trinajstić information content (AvgIpc) is 2.63. The third-order valence-electron chi connectivity index (χ3n) is 5.13. The molecular formula is C22H28N2O. The molecule has 1 fully saturated rings. The summed E-state index contributed by atoms with van der Waals surface area (Å²) in [6, 6.07) is 14.8. The van der Waals surface area contributed by atoms with Crippen LogP contribution >= 0.6 is 0 Å². The molecule has 0 N–H and O–H groups in total. The zero-order valence-electron chi connectivity index (χ0n) is 15.6. The Morgan fingerprint density at radius 2 is 1.64 bits per heavy atom. The molecule has 1 saturated heterocycles. The maximum absolute atomic E-state index is 12.6. The summed E-state index contributed by atoms with van der Waals surface area (Å²) in [6.45, 7) is 9.91. The van der Waals surface area contributed by atoms with Gasteiger partial charge in [0.25, 0.3) is 0 Å². The van der Waals surface area contributed by atoms with Gasteiger partial charge in [-0.2, -0.15) is 0 Å². The van der Waals surface area contributed by atoms with Gasteiger partial charge in [0, 0.05) is 31.9 Å². The fraction of sp³-hybridized carbons (Fsp3) is 0.409. The van der Waals surface area contributed by atoms with Crippen LogP contribution in [0.4, 0.5) is 5.69 Å². The van der Waals surface area contributed by atoms with Crippen LogP contribution in [0.2, 0.25) is 0 Å². The van der Waals surface area contributed by atoms with Gasteiger partial charge in [-0.25, -0.2) is 0 Å². The molecule has 2 aromatic carbocycles. The number of nitrogens with zero attached hydrogens (tertiary/aromatic N) is 2. The number of piperazine rings is 1. The van der Waals surface area contributed by atoms with Crippen molar-refractivity contribution in [3.63, 3.8) is 0 Å². The summed E-state index contributed by atoms with van der Waals surface area (Å²) >= 11 is 0. The number of anilines is 1. The number of aryl methyl sites for hydroxylation is 3. The van der Waals surface area contributed by atoms with Crippen LogP contribution in [0.25, 0.3) is 0 Å². The second-order valence-electron chi connectivity index (χ2n) is 6.97. The number of rotatable bonds is 4. The van der Waals surface area contributed by atoms with Gasteiger partial charge in [0.15, 0.2) is 0 Å². The Labute approximate surface area is 151 Å². The van der Waals surface area contributed by atoms with Crippen LogP contribution in [0, 0.1) is 13.8 Å². The second kappa shape index (κ2) is 7.73. The maximum Gasteiger partial charge on any atom is 0.227 e. The van der Waals surface area contributed by atoms with E-state index in [1.165, 1.54) is 22.4 Å². The standard InChI is InChI=1S/C22H28N2O/c1-4-20-7-5-6-18(3)22(20)24-14-12-23(13-15-24)21(25)16-19-10-8-17(2)9-11-19/h5-11H,4,12-16H2,1-3H3. The average molecular weight is 336 g/mol. The van der Waals surface area contributed by atoms with Crippen molar-refractivity contribution in [1.82, 2.24) is 4.90 Å². The van der Waals surface area contributed by atoms with Crippen LogP contribution < -0.4 is 4.90 Å². The summed E-state index contributed by atoms with van der Waals surface area (Å²) in [5, 5.41) is 0. The zero-order chi connectivity index (χ0) is 17.8. The minimum Gasteiger partial charge on any atom is -0.368 e. The van der Waals surface area contributed by atoms with Gasteiger partial charge >= 0.3 is 0 Å². The molecule has 132 valence electrons. The Hall–Kier alpha value is -2.29. The molecule has 0 bridgehead atoms. The van der Waals surface area contributed by atoms with Gasteiger partial charge in [-0.05, 0) is 37.0 Å². The quantitative estimate of drug-likeness (QED) is 0.849. The molecule has 25 heavy (non-hydrogen) atoms. The van der Waals surface area contributed by atoms with E-state index in [9.17, 15) is 4.79 Å². The summed E-state index contributed by atoms with van der Waals surface area (Å²) in [4.78, 5) is 17.1. The number of carbonyl (C=O) groups is 1. The number of benzene rings is 2. The van der Waals surface area contributed by atoms with Crippen molar-refractivity contribution in [3.8, 4) is 0 Å². The predicted octanol–water partition coefficient (Wildman–Crippen LogP) is 3.76. The van der Waals surface area contributed by atoms with Crippen LogP contribution in [0.15, 0.2) is 42.5 Å². The molecule has 1 aliphatic rings. The highest BCUT2D eigenvalue weighted by Gasteiger charge is 2.23. The summed E-state index contributed by atoms with van der Waals surface area (Å²) < 4.78 is 0. The van der Waals surface area contributed by atoms with Gasteiger partial charge in [0.1, 0.15) is 0 Å². The van der Waals surface area contributed by atoms with E-state index in [0.717, 1.165) is 38.2 Å². The van der Waals surface area contributed by atoms with Gasteiger partial charge in [0.05, 0.1) is 6.42 Å². The lowest BCUT2D eigenvalue weighted by Gasteiger charge is -2.38. The first-order valence-electron chi connectivity index (χ1n) is 9.25. The zero-order valence-corrected chi connectivity index (χ0v) is 15.6. The first kappa shape index (κ1) is 17.5. The van der Waals surface area contributed by atoms with E-state index in [-0.39, 0.29) is 5.91 Å².